The van der Waals surface area contributed by atoms with E-state index in [0.717, 1.165) is 6.04 Å². The third kappa shape index (κ3) is 3.78. The third-order valence-electron chi connectivity index (χ3n) is 1.85. The Kier molecular flexibility index (Phi) is 4.10. The minimum Gasteiger partial charge on any atom is -0.452 e. The van der Waals surface area contributed by atoms with Gasteiger partial charge < -0.3 is 4.12 Å². The second kappa shape index (κ2) is 4.91. The average molecular weight is 223 g/mol. The van der Waals surface area contributed by atoms with Gasteiger partial charge in [0.05, 0.1) is 0 Å². The van der Waals surface area contributed by atoms with E-state index in [1.165, 1.54) is 5.19 Å². The number of hydrogen-bond acceptors (Lipinski definition) is 1. The van der Waals surface area contributed by atoms with Crippen molar-refractivity contribution in [3.05, 3.63) is 30.3 Å². The van der Waals surface area contributed by atoms with Gasteiger partial charge in [-0.2, -0.15) is 0 Å². The molecule has 0 atom stereocenters. The van der Waals surface area contributed by atoms with Crippen LogP contribution in [0.5, 0.6) is 0 Å². The van der Waals surface area contributed by atoms with Crippen molar-refractivity contribution in [2.75, 3.05) is 0 Å². The zero-order valence-corrected chi connectivity index (χ0v) is 11.5. The molecule has 0 amide bonds. The first-order valence-electron chi connectivity index (χ1n) is 5.13. The van der Waals surface area contributed by atoms with Gasteiger partial charge in [0, 0.05) is 0 Å². The Morgan fingerprint density at radius 1 is 1.14 bits per heavy atom. The Balaban J connectivity index is 2.73. The molecule has 77 valence electrons. The fourth-order valence-corrected chi connectivity index (χ4v) is 6.31. The molecule has 0 spiro atoms. The largest absolute Gasteiger partial charge is 0.452 e. The van der Waals surface area contributed by atoms with Gasteiger partial charge in [-0.1, -0.05) is 37.3 Å². The summed E-state index contributed by atoms with van der Waals surface area (Å²) in [6.07, 6.45) is 0. The maximum Gasteiger partial charge on any atom is 0.234 e. The molecule has 0 heterocycles. The minimum absolute atomic E-state index is 0.757. The van der Waals surface area contributed by atoms with Crippen molar-refractivity contribution in [2.45, 2.75) is 32.6 Å². The van der Waals surface area contributed by atoms with Gasteiger partial charge in [-0.25, -0.2) is 0 Å². The molecule has 1 radical (unpaired) electrons. The Bertz CT molecular complexity index is 266. The zero-order chi connectivity index (χ0) is 10.6. The normalized spacial score (nSPS) is 12.1. The predicted octanol–water partition coefficient (Wildman–Crippen LogP) is 2.76. The van der Waals surface area contributed by atoms with E-state index >= 15 is 0 Å². The van der Waals surface area contributed by atoms with Gasteiger partial charge in [-0.15, -0.1) is 0 Å². The highest BCUT2D eigenvalue weighted by Gasteiger charge is 2.22. The van der Waals surface area contributed by atoms with E-state index in [4.69, 9.17) is 4.12 Å². The van der Waals surface area contributed by atoms with Crippen LogP contribution in [-0.2, 0) is 4.12 Å². The summed E-state index contributed by atoms with van der Waals surface area (Å²) in [4.78, 5) is 0. The van der Waals surface area contributed by atoms with E-state index in [-0.39, 0.29) is 0 Å². The van der Waals surface area contributed by atoms with Crippen LogP contribution in [0.25, 0.3) is 0 Å². The maximum atomic E-state index is 6.21. The molecule has 0 saturated heterocycles. The lowest BCUT2D eigenvalue weighted by molar-refractivity contribution is 0.582. The molecular formula is C11H19OSi2. The molecule has 0 bridgehead atoms. The lowest BCUT2D eigenvalue weighted by Crippen LogP contribution is -2.42. The second-order valence-electron chi connectivity index (χ2n) is 4.36. The van der Waals surface area contributed by atoms with Gasteiger partial charge in [0.15, 0.2) is 8.32 Å². The summed E-state index contributed by atoms with van der Waals surface area (Å²) < 4.78 is 6.21. The van der Waals surface area contributed by atoms with Crippen molar-refractivity contribution in [2.24, 2.45) is 0 Å². The van der Waals surface area contributed by atoms with Crippen molar-refractivity contribution in [3.8, 4) is 0 Å². The molecule has 0 fully saturated rings. The monoisotopic (exact) mass is 223 g/mol. The summed E-state index contributed by atoms with van der Waals surface area (Å²) in [5.74, 6) is 0. The number of hydrogen-bond donors (Lipinski definition) is 0. The molecule has 1 rings (SSSR count). The van der Waals surface area contributed by atoms with Gasteiger partial charge in [0.2, 0.25) is 9.04 Å². The highest BCUT2D eigenvalue weighted by atomic mass is 28.4. The molecule has 0 aromatic heterocycles. The Morgan fingerprint density at radius 2 is 1.71 bits per heavy atom. The quantitative estimate of drug-likeness (QED) is 0.713. The highest BCUT2D eigenvalue weighted by molar-refractivity contribution is 6.81. The lowest BCUT2D eigenvalue weighted by atomic mass is 10.4. The molecule has 1 nitrogen and oxygen atoms in total. The van der Waals surface area contributed by atoms with Gasteiger partial charge in [0.1, 0.15) is 0 Å². The first-order valence-corrected chi connectivity index (χ1v) is 10.2. The summed E-state index contributed by atoms with van der Waals surface area (Å²) in [7, 11) is -2.14. The van der Waals surface area contributed by atoms with Crippen LogP contribution in [0.4, 0.5) is 0 Å². The summed E-state index contributed by atoms with van der Waals surface area (Å²) in [6, 6.07) is 11.8. The lowest BCUT2D eigenvalue weighted by Gasteiger charge is -2.24. The van der Waals surface area contributed by atoms with Crippen molar-refractivity contribution in [1.82, 2.24) is 0 Å². The van der Waals surface area contributed by atoms with Gasteiger partial charge in [-0.05, 0) is 30.9 Å². The average Bonchev–Trinajstić information content (AvgIpc) is 2.14. The van der Waals surface area contributed by atoms with Crippen LogP contribution in [0.15, 0.2) is 30.3 Å². The topological polar surface area (TPSA) is 9.23 Å². The van der Waals surface area contributed by atoms with Crippen LogP contribution in [0.2, 0.25) is 25.7 Å². The van der Waals surface area contributed by atoms with Crippen LogP contribution >= 0.6 is 0 Å². The Labute approximate surface area is 90.0 Å². The predicted molar refractivity (Wildman–Crippen MR) is 66.7 cm³/mol. The van der Waals surface area contributed by atoms with Crippen molar-refractivity contribution in [1.29, 1.82) is 0 Å². The molecule has 1 aromatic carbocycles. The van der Waals surface area contributed by atoms with E-state index < -0.39 is 17.4 Å². The summed E-state index contributed by atoms with van der Waals surface area (Å²) in [5, 5.41) is 1.41. The molecule has 0 aliphatic rings. The maximum absolute atomic E-state index is 6.21. The molecule has 0 unspecified atom stereocenters. The number of rotatable bonds is 4. The fourth-order valence-electron chi connectivity index (χ4n) is 1.33. The molecule has 0 saturated carbocycles. The standard InChI is InChI=1S/C11H19OSi2/c1-5-13(12-14(2,3)4)11-9-7-6-8-10-11/h6-10H,5H2,1-4H3. The molecule has 0 aliphatic carbocycles. The Morgan fingerprint density at radius 3 is 2.14 bits per heavy atom. The first kappa shape index (κ1) is 11.7. The van der Waals surface area contributed by atoms with Crippen LogP contribution < -0.4 is 5.19 Å². The third-order valence-corrected chi connectivity index (χ3v) is 6.90. The van der Waals surface area contributed by atoms with E-state index in [1.54, 1.807) is 0 Å². The van der Waals surface area contributed by atoms with Gasteiger partial charge in [0.25, 0.3) is 0 Å². The van der Waals surface area contributed by atoms with E-state index in [0.29, 0.717) is 0 Å². The van der Waals surface area contributed by atoms with E-state index in [9.17, 15) is 0 Å². The number of benzene rings is 1. The Hall–Kier alpha value is -0.386. The zero-order valence-electron chi connectivity index (χ0n) is 9.50. The smallest absolute Gasteiger partial charge is 0.234 e. The minimum atomic E-state index is -1.38. The molecule has 3 heteroatoms. The SMILES string of the molecule is CC[Si](O[Si](C)(C)C)c1ccccc1. The van der Waals surface area contributed by atoms with E-state index in [1.807, 2.05) is 0 Å². The van der Waals surface area contributed by atoms with Crippen LogP contribution in [0.1, 0.15) is 6.92 Å². The summed E-state index contributed by atoms with van der Waals surface area (Å²) in [6.45, 7) is 9.00. The van der Waals surface area contributed by atoms with Gasteiger partial charge >= 0.3 is 0 Å². The van der Waals surface area contributed by atoms with Gasteiger partial charge in [-0.3, -0.25) is 0 Å². The van der Waals surface area contributed by atoms with Crippen molar-refractivity contribution in [3.63, 3.8) is 0 Å². The van der Waals surface area contributed by atoms with Crippen molar-refractivity contribution < 1.29 is 4.12 Å². The molecule has 0 aliphatic heterocycles. The van der Waals surface area contributed by atoms with Crippen LogP contribution in [-0.4, -0.2) is 17.4 Å². The fraction of sp³-hybridized carbons (Fsp3) is 0.455. The molecular weight excluding hydrogens is 204 g/mol. The van der Waals surface area contributed by atoms with Crippen molar-refractivity contribution >= 4 is 22.5 Å². The highest BCUT2D eigenvalue weighted by Crippen LogP contribution is 2.07. The molecule has 0 N–H and O–H groups in total. The van der Waals surface area contributed by atoms with Crippen LogP contribution in [0, 0.1) is 0 Å². The van der Waals surface area contributed by atoms with Crippen LogP contribution in [0.3, 0.4) is 0 Å². The molecule has 1 aromatic rings. The summed E-state index contributed by atoms with van der Waals surface area (Å²) in [5.41, 5.74) is 0. The molecule has 14 heavy (non-hydrogen) atoms. The van der Waals surface area contributed by atoms with E-state index in [2.05, 4.69) is 56.9 Å². The summed E-state index contributed by atoms with van der Waals surface area (Å²) >= 11 is 0. The first-order chi connectivity index (χ1) is 6.53. The second-order valence-corrected chi connectivity index (χ2v) is 11.5.